The van der Waals surface area contributed by atoms with Crippen molar-refractivity contribution < 1.29 is 24.2 Å². The van der Waals surface area contributed by atoms with Crippen LogP contribution in [-0.4, -0.2) is 41.1 Å². The maximum Gasteiger partial charge on any atom is 0.328 e. The molecule has 1 saturated carbocycles. The predicted octanol–water partition coefficient (Wildman–Crippen LogP) is 0.661. The first-order chi connectivity index (χ1) is 10.0. The third-order valence-corrected chi connectivity index (χ3v) is 4.22. The summed E-state index contributed by atoms with van der Waals surface area (Å²) in [6, 6.07) is -2.05. The third kappa shape index (κ3) is 4.69. The number of carboxylic acid groups (broad SMARTS) is 1. The Kier molecular flexibility index (Phi) is 5.93. The number of esters is 1. The smallest absolute Gasteiger partial charge is 0.328 e. The average molecular weight is 314 g/mol. The van der Waals surface area contributed by atoms with Crippen LogP contribution in [0.5, 0.6) is 0 Å². The summed E-state index contributed by atoms with van der Waals surface area (Å²) in [5.74, 6) is -2.09. The van der Waals surface area contributed by atoms with E-state index in [9.17, 15) is 14.4 Å². The number of amides is 1. The molecule has 22 heavy (non-hydrogen) atoms. The Morgan fingerprint density at radius 2 is 2.00 bits per heavy atom. The van der Waals surface area contributed by atoms with Gasteiger partial charge < -0.3 is 20.9 Å². The molecule has 0 radical (unpaired) electrons. The zero-order chi connectivity index (χ0) is 17.1. The first-order valence-electron chi connectivity index (χ1n) is 7.53. The third-order valence-electron chi connectivity index (χ3n) is 4.22. The van der Waals surface area contributed by atoms with Crippen LogP contribution in [0.4, 0.5) is 0 Å². The van der Waals surface area contributed by atoms with Gasteiger partial charge >= 0.3 is 11.9 Å². The minimum Gasteiger partial charge on any atom is -0.481 e. The zero-order valence-electron chi connectivity index (χ0n) is 13.6. The van der Waals surface area contributed by atoms with E-state index in [1.165, 1.54) is 6.92 Å². The Morgan fingerprint density at radius 1 is 1.41 bits per heavy atom. The van der Waals surface area contributed by atoms with E-state index in [-0.39, 0.29) is 17.4 Å². The quantitative estimate of drug-likeness (QED) is 0.620. The highest BCUT2D eigenvalue weighted by Crippen LogP contribution is 2.43. The summed E-state index contributed by atoms with van der Waals surface area (Å²) in [5.41, 5.74) is 5.37. The Labute approximate surface area is 130 Å². The Balaban J connectivity index is 2.55. The zero-order valence-corrected chi connectivity index (χ0v) is 13.6. The average Bonchev–Trinajstić information content (AvgIpc) is 2.64. The van der Waals surface area contributed by atoms with Crippen molar-refractivity contribution in [1.29, 1.82) is 0 Å². The van der Waals surface area contributed by atoms with E-state index < -0.39 is 36.4 Å². The van der Waals surface area contributed by atoms with Crippen molar-refractivity contribution in [2.24, 2.45) is 17.1 Å². The second-order valence-corrected chi connectivity index (χ2v) is 6.80. The highest BCUT2D eigenvalue weighted by molar-refractivity contribution is 5.89. The van der Waals surface area contributed by atoms with Gasteiger partial charge in [-0.2, -0.15) is 0 Å². The lowest BCUT2D eigenvalue weighted by atomic mass is 9.87. The van der Waals surface area contributed by atoms with E-state index in [0.717, 1.165) is 12.8 Å². The Bertz CT molecular complexity index is 449. The van der Waals surface area contributed by atoms with E-state index in [1.807, 2.05) is 6.92 Å². The maximum absolute atomic E-state index is 12.1. The number of nitrogens with two attached hydrogens (primary N) is 1. The molecule has 4 atom stereocenters. The van der Waals surface area contributed by atoms with E-state index in [1.54, 1.807) is 0 Å². The molecule has 1 fully saturated rings. The van der Waals surface area contributed by atoms with Crippen molar-refractivity contribution in [3.63, 3.8) is 0 Å². The van der Waals surface area contributed by atoms with Gasteiger partial charge in [-0.15, -0.1) is 0 Å². The standard InChI is InChI=1S/C15H26N2O5/c1-8-5-6-15(3,4)12(8)22-14(21)9(2)17-13(20)10(16)7-11(18)19/h8-10,12H,5-7,16H2,1-4H3,(H,17,20)(H,18,19)/t8?,9-,10-,12?/m0/s1. The number of carbonyl (C=O) groups excluding carboxylic acids is 2. The van der Waals surface area contributed by atoms with Gasteiger partial charge in [0.15, 0.2) is 0 Å². The van der Waals surface area contributed by atoms with Gasteiger partial charge in [0.1, 0.15) is 12.1 Å². The SMILES string of the molecule is CC1CCC(C)(C)C1OC(=O)[C@H](C)NC(=O)[C@@H](N)CC(=O)O. The molecule has 0 aromatic heterocycles. The molecule has 0 heterocycles. The lowest BCUT2D eigenvalue weighted by molar-refractivity contribution is -0.159. The molecule has 0 aromatic carbocycles. The fraction of sp³-hybridized carbons (Fsp3) is 0.800. The molecule has 7 heteroatoms. The van der Waals surface area contributed by atoms with Gasteiger partial charge in [0.05, 0.1) is 12.5 Å². The van der Waals surface area contributed by atoms with Crippen LogP contribution in [0.15, 0.2) is 0 Å². The summed E-state index contributed by atoms with van der Waals surface area (Å²) < 4.78 is 5.55. The predicted molar refractivity (Wildman–Crippen MR) is 79.9 cm³/mol. The molecule has 1 aliphatic rings. The monoisotopic (exact) mass is 314 g/mol. The van der Waals surface area contributed by atoms with E-state index in [0.29, 0.717) is 0 Å². The maximum atomic E-state index is 12.1. The minimum atomic E-state index is -1.19. The highest BCUT2D eigenvalue weighted by Gasteiger charge is 2.43. The van der Waals surface area contributed by atoms with Crippen molar-refractivity contribution >= 4 is 17.8 Å². The number of hydrogen-bond acceptors (Lipinski definition) is 5. The van der Waals surface area contributed by atoms with E-state index in [2.05, 4.69) is 19.2 Å². The van der Waals surface area contributed by atoms with Gasteiger partial charge in [-0.3, -0.25) is 9.59 Å². The first kappa shape index (κ1) is 18.4. The van der Waals surface area contributed by atoms with E-state index in [4.69, 9.17) is 15.6 Å². The van der Waals surface area contributed by atoms with Gasteiger partial charge in [-0.1, -0.05) is 20.8 Å². The minimum absolute atomic E-state index is 0.0848. The molecule has 0 aromatic rings. The molecule has 7 nitrogen and oxygen atoms in total. The van der Waals surface area contributed by atoms with Crippen molar-refractivity contribution in [1.82, 2.24) is 5.32 Å². The molecule has 126 valence electrons. The van der Waals surface area contributed by atoms with Gasteiger partial charge in [0.25, 0.3) is 0 Å². The first-order valence-corrected chi connectivity index (χ1v) is 7.53. The van der Waals surface area contributed by atoms with Gasteiger partial charge in [0.2, 0.25) is 5.91 Å². The fourth-order valence-electron chi connectivity index (χ4n) is 2.83. The van der Waals surface area contributed by atoms with Crippen LogP contribution in [0.25, 0.3) is 0 Å². The number of ether oxygens (including phenoxy) is 1. The summed E-state index contributed by atoms with van der Waals surface area (Å²) >= 11 is 0. The van der Waals surface area contributed by atoms with Crippen molar-refractivity contribution in [2.75, 3.05) is 0 Å². The van der Waals surface area contributed by atoms with Crippen LogP contribution in [-0.2, 0) is 19.1 Å². The molecule has 0 spiro atoms. The number of carboxylic acids is 1. The summed E-state index contributed by atoms with van der Waals surface area (Å²) in [6.07, 6.45) is 1.30. The lowest BCUT2D eigenvalue weighted by Crippen LogP contribution is -2.49. The highest BCUT2D eigenvalue weighted by atomic mass is 16.5. The summed E-state index contributed by atoms with van der Waals surface area (Å²) in [5, 5.41) is 11.0. The topological polar surface area (TPSA) is 119 Å². The second-order valence-electron chi connectivity index (χ2n) is 6.80. The molecule has 4 N–H and O–H groups in total. The molecule has 1 aliphatic carbocycles. The van der Waals surface area contributed by atoms with Crippen LogP contribution in [0, 0.1) is 11.3 Å². The number of aliphatic carboxylic acids is 1. The molecule has 1 rings (SSSR count). The summed E-state index contributed by atoms with van der Waals surface area (Å²) in [6.45, 7) is 7.65. The van der Waals surface area contributed by atoms with Gasteiger partial charge in [-0.05, 0) is 25.7 Å². The number of carbonyl (C=O) groups is 3. The van der Waals surface area contributed by atoms with Crippen LogP contribution in [0.2, 0.25) is 0 Å². The normalized spacial score (nSPS) is 26.0. The van der Waals surface area contributed by atoms with Crippen LogP contribution < -0.4 is 11.1 Å². The molecule has 1 amide bonds. The summed E-state index contributed by atoms with van der Waals surface area (Å²) in [4.78, 5) is 34.4. The largest absolute Gasteiger partial charge is 0.481 e. The van der Waals surface area contributed by atoms with Crippen LogP contribution >= 0.6 is 0 Å². The Hall–Kier alpha value is -1.63. The molecule has 0 aliphatic heterocycles. The van der Waals surface area contributed by atoms with Crippen molar-refractivity contribution in [3.8, 4) is 0 Å². The Morgan fingerprint density at radius 3 is 2.45 bits per heavy atom. The molecular weight excluding hydrogens is 288 g/mol. The molecule has 2 unspecified atom stereocenters. The van der Waals surface area contributed by atoms with E-state index >= 15 is 0 Å². The molecule has 0 bridgehead atoms. The van der Waals surface area contributed by atoms with Crippen molar-refractivity contribution in [3.05, 3.63) is 0 Å². The fourth-order valence-corrected chi connectivity index (χ4v) is 2.83. The number of nitrogens with one attached hydrogen (secondary N) is 1. The van der Waals surface area contributed by atoms with Crippen LogP contribution in [0.3, 0.4) is 0 Å². The molecule has 0 saturated heterocycles. The van der Waals surface area contributed by atoms with Gasteiger partial charge in [0, 0.05) is 5.41 Å². The van der Waals surface area contributed by atoms with Crippen LogP contribution in [0.1, 0.15) is 47.0 Å². The number of rotatable bonds is 6. The lowest BCUT2D eigenvalue weighted by Gasteiger charge is -2.30. The second kappa shape index (κ2) is 7.09. The van der Waals surface area contributed by atoms with Crippen molar-refractivity contribution in [2.45, 2.75) is 65.1 Å². The van der Waals surface area contributed by atoms with Gasteiger partial charge in [-0.25, -0.2) is 4.79 Å². The molecular formula is C15H26N2O5. The number of hydrogen-bond donors (Lipinski definition) is 3. The summed E-state index contributed by atoms with van der Waals surface area (Å²) in [7, 11) is 0.